The first-order valence-electron chi connectivity index (χ1n) is 7.36. The Hall–Kier alpha value is -3.19. The lowest BCUT2D eigenvalue weighted by molar-refractivity contribution is 0.883. The molecule has 2 aromatic heterocycles. The summed E-state index contributed by atoms with van der Waals surface area (Å²) >= 11 is 0. The van der Waals surface area contributed by atoms with Crippen LogP contribution in [0.15, 0.2) is 67.0 Å². The van der Waals surface area contributed by atoms with E-state index >= 15 is 0 Å². The molecule has 1 aromatic carbocycles. The molecule has 0 saturated carbocycles. The number of hydrogen-bond donors (Lipinski definition) is 1. The van der Waals surface area contributed by atoms with Gasteiger partial charge in [-0.05, 0) is 36.8 Å². The number of nitrogens with one attached hydrogen (secondary N) is 1. The average Bonchev–Trinajstić information content (AvgIpc) is 2.61. The Morgan fingerprint density at radius 2 is 1.96 bits per heavy atom. The largest absolute Gasteiger partial charge is 0.372 e. The minimum atomic E-state index is -0.0779. The molecule has 0 aliphatic carbocycles. The maximum absolute atomic E-state index is 8.85. The Kier molecular flexibility index (Phi) is 4.30. The number of anilines is 1. The standard InChI is InChI=1S/C19H16N4/c1-14-5-4-6-15(11-14)19(18-7-2-3-10-21-18)23-17-9-8-16(12-20)22-13-17/h2-11,13,19,23H,1H3/t19-/m1/s1. The van der Waals surface area contributed by atoms with E-state index in [1.54, 1.807) is 18.5 Å². The van der Waals surface area contributed by atoms with Crippen LogP contribution in [0.3, 0.4) is 0 Å². The number of nitriles is 1. The summed E-state index contributed by atoms with van der Waals surface area (Å²) in [6.07, 6.45) is 3.46. The molecule has 0 bridgehead atoms. The lowest BCUT2D eigenvalue weighted by Gasteiger charge is -2.20. The normalized spacial score (nSPS) is 11.5. The summed E-state index contributed by atoms with van der Waals surface area (Å²) in [5.41, 5.74) is 4.51. The van der Waals surface area contributed by atoms with Gasteiger partial charge in [0.1, 0.15) is 11.8 Å². The molecule has 0 unspecified atom stereocenters. The van der Waals surface area contributed by atoms with Crippen molar-refractivity contribution in [2.45, 2.75) is 13.0 Å². The van der Waals surface area contributed by atoms with Gasteiger partial charge in [-0.15, -0.1) is 0 Å². The number of nitrogens with zero attached hydrogens (tertiary/aromatic N) is 3. The third-order valence-corrected chi connectivity index (χ3v) is 3.55. The third-order valence-electron chi connectivity index (χ3n) is 3.55. The molecule has 1 atom stereocenters. The van der Waals surface area contributed by atoms with E-state index in [2.05, 4.69) is 40.4 Å². The van der Waals surface area contributed by atoms with Gasteiger partial charge in [0.05, 0.1) is 23.6 Å². The van der Waals surface area contributed by atoms with Crippen LogP contribution >= 0.6 is 0 Å². The number of aryl methyl sites for hydroxylation is 1. The molecule has 0 aliphatic heterocycles. The summed E-state index contributed by atoms with van der Waals surface area (Å²) in [7, 11) is 0. The molecule has 0 aliphatic rings. The van der Waals surface area contributed by atoms with E-state index in [9.17, 15) is 0 Å². The van der Waals surface area contributed by atoms with Crippen LogP contribution in [0.2, 0.25) is 0 Å². The molecule has 0 amide bonds. The minimum Gasteiger partial charge on any atom is -0.372 e. The highest BCUT2D eigenvalue weighted by atomic mass is 15.0. The first kappa shape index (κ1) is 14.7. The van der Waals surface area contributed by atoms with E-state index in [4.69, 9.17) is 5.26 Å². The Labute approximate surface area is 135 Å². The SMILES string of the molecule is Cc1cccc([C@@H](Nc2ccc(C#N)nc2)c2ccccn2)c1. The van der Waals surface area contributed by atoms with E-state index in [-0.39, 0.29) is 6.04 Å². The van der Waals surface area contributed by atoms with Crippen LogP contribution in [0, 0.1) is 18.3 Å². The van der Waals surface area contributed by atoms with Gasteiger partial charge < -0.3 is 5.32 Å². The Balaban J connectivity index is 1.96. The Morgan fingerprint density at radius 3 is 2.61 bits per heavy atom. The number of aromatic nitrogens is 2. The van der Waals surface area contributed by atoms with E-state index in [0.29, 0.717) is 5.69 Å². The van der Waals surface area contributed by atoms with Crippen molar-refractivity contribution in [1.29, 1.82) is 5.26 Å². The molecule has 4 heteroatoms. The van der Waals surface area contributed by atoms with Crippen molar-refractivity contribution in [2.75, 3.05) is 5.32 Å². The molecular weight excluding hydrogens is 284 g/mol. The van der Waals surface area contributed by atoms with Crippen LogP contribution in [-0.4, -0.2) is 9.97 Å². The molecule has 3 rings (SSSR count). The van der Waals surface area contributed by atoms with Crippen LogP contribution in [0.5, 0.6) is 0 Å². The highest BCUT2D eigenvalue weighted by Gasteiger charge is 2.15. The lowest BCUT2D eigenvalue weighted by Crippen LogP contribution is -2.14. The highest BCUT2D eigenvalue weighted by molar-refractivity contribution is 5.48. The molecule has 0 fully saturated rings. The van der Waals surface area contributed by atoms with Crippen LogP contribution in [0.25, 0.3) is 0 Å². The summed E-state index contributed by atoms with van der Waals surface area (Å²) in [4.78, 5) is 8.59. The minimum absolute atomic E-state index is 0.0779. The van der Waals surface area contributed by atoms with Gasteiger partial charge in [0.25, 0.3) is 0 Å². The van der Waals surface area contributed by atoms with Crippen molar-refractivity contribution in [3.8, 4) is 6.07 Å². The van der Waals surface area contributed by atoms with Gasteiger partial charge in [-0.1, -0.05) is 35.9 Å². The maximum atomic E-state index is 8.85. The fourth-order valence-electron chi connectivity index (χ4n) is 2.44. The van der Waals surface area contributed by atoms with Crippen molar-refractivity contribution < 1.29 is 0 Å². The van der Waals surface area contributed by atoms with Gasteiger partial charge in [-0.2, -0.15) is 5.26 Å². The Morgan fingerprint density at radius 1 is 1.04 bits per heavy atom. The van der Waals surface area contributed by atoms with E-state index in [0.717, 1.165) is 16.9 Å². The van der Waals surface area contributed by atoms with E-state index < -0.39 is 0 Å². The first-order valence-corrected chi connectivity index (χ1v) is 7.36. The zero-order valence-corrected chi connectivity index (χ0v) is 12.8. The topological polar surface area (TPSA) is 61.6 Å². The number of hydrogen-bond acceptors (Lipinski definition) is 4. The predicted molar refractivity (Wildman–Crippen MR) is 89.8 cm³/mol. The van der Waals surface area contributed by atoms with Crippen molar-refractivity contribution in [3.63, 3.8) is 0 Å². The molecule has 3 aromatic rings. The maximum Gasteiger partial charge on any atom is 0.140 e. The van der Waals surface area contributed by atoms with Crippen LogP contribution in [-0.2, 0) is 0 Å². The van der Waals surface area contributed by atoms with Gasteiger partial charge in [0.2, 0.25) is 0 Å². The van der Waals surface area contributed by atoms with E-state index in [1.807, 2.05) is 36.4 Å². The van der Waals surface area contributed by atoms with Gasteiger partial charge >= 0.3 is 0 Å². The van der Waals surface area contributed by atoms with Crippen LogP contribution in [0.1, 0.15) is 28.6 Å². The molecule has 0 saturated heterocycles. The zero-order valence-electron chi connectivity index (χ0n) is 12.8. The van der Waals surface area contributed by atoms with Crippen molar-refractivity contribution >= 4 is 5.69 Å². The predicted octanol–water partition coefficient (Wildman–Crippen LogP) is 3.86. The quantitative estimate of drug-likeness (QED) is 0.794. The highest BCUT2D eigenvalue weighted by Crippen LogP contribution is 2.25. The second-order valence-corrected chi connectivity index (χ2v) is 5.29. The second kappa shape index (κ2) is 6.71. The third kappa shape index (κ3) is 3.53. The van der Waals surface area contributed by atoms with Gasteiger partial charge in [0.15, 0.2) is 0 Å². The lowest BCUT2D eigenvalue weighted by atomic mass is 10.0. The fraction of sp³-hybridized carbons (Fsp3) is 0.105. The zero-order chi connectivity index (χ0) is 16.1. The number of benzene rings is 1. The smallest absolute Gasteiger partial charge is 0.140 e. The van der Waals surface area contributed by atoms with Crippen molar-refractivity contribution in [1.82, 2.24) is 9.97 Å². The molecular formula is C19H16N4. The molecule has 0 radical (unpaired) electrons. The van der Waals surface area contributed by atoms with Crippen LogP contribution in [0.4, 0.5) is 5.69 Å². The Bertz CT molecular complexity index is 820. The molecule has 2 heterocycles. The second-order valence-electron chi connectivity index (χ2n) is 5.29. The fourth-order valence-corrected chi connectivity index (χ4v) is 2.44. The summed E-state index contributed by atoms with van der Waals surface area (Å²) < 4.78 is 0. The van der Waals surface area contributed by atoms with Crippen molar-refractivity contribution in [2.24, 2.45) is 0 Å². The summed E-state index contributed by atoms with van der Waals surface area (Å²) in [5, 5.41) is 12.3. The van der Waals surface area contributed by atoms with Gasteiger partial charge in [0, 0.05) is 6.20 Å². The molecule has 4 nitrogen and oxygen atoms in total. The average molecular weight is 300 g/mol. The van der Waals surface area contributed by atoms with Gasteiger partial charge in [-0.3, -0.25) is 4.98 Å². The first-order chi connectivity index (χ1) is 11.3. The van der Waals surface area contributed by atoms with Crippen molar-refractivity contribution in [3.05, 3.63) is 89.5 Å². The molecule has 112 valence electrons. The summed E-state index contributed by atoms with van der Waals surface area (Å²) in [6, 6.07) is 19.7. The van der Waals surface area contributed by atoms with Gasteiger partial charge in [-0.25, -0.2) is 4.98 Å². The van der Waals surface area contributed by atoms with E-state index in [1.165, 1.54) is 5.56 Å². The number of pyridine rings is 2. The monoisotopic (exact) mass is 300 g/mol. The number of rotatable bonds is 4. The van der Waals surface area contributed by atoms with Crippen LogP contribution < -0.4 is 5.32 Å². The molecule has 1 N–H and O–H groups in total. The molecule has 23 heavy (non-hydrogen) atoms. The molecule has 0 spiro atoms. The summed E-state index contributed by atoms with van der Waals surface area (Å²) in [6.45, 7) is 2.07. The summed E-state index contributed by atoms with van der Waals surface area (Å²) in [5.74, 6) is 0.